The maximum Gasteiger partial charge on any atom is 0.277 e. The van der Waals surface area contributed by atoms with Gasteiger partial charge >= 0.3 is 0 Å². The number of benzene rings is 2. The van der Waals surface area contributed by atoms with Gasteiger partial charge in [0.05, 0.1) is 31.0 Å². The fraction of sp³-hybridized carbons (Fsp3) is 0.333. The molecule has 4 aromatic rings. The first-order valence-corrected chi connectivity index (χ1v) is 13.5. The summed E-state index contributed by atoms with van der Waals surface area (Å²) in [4.78, 5) is 27.7. The average molecular weight is 537 g/mol. The molecule has 5 rings (SSSR count). The van der Waals surface area contributed by atoms with Gasteiger partial charge in [-0.15, -0.1) is 11.3 Å². The number of halogens is 1. The zero-order chi connectivity index (χ0) is 26.6. The first-order chi connectivity index (χ1) is 18.4. The first-order valence-electron chi connectivity index (χ1n) is 12.6. The number of nitrogens with two attached hydrogens (primary N) is 1. The summed E-state index contributed by atoms with van der Waals surface area (Å²) in [6, 6.07) is 8.37. The number of nitrogens with zero attached hydrogens (tertiary/aromatic N) is 4. The topological polar surface area (TPSA) is 115 Å². The Bertz CT molecular complexity index is 1470. The minimum atomic E-state index is -0.648. The SMILES string of the molecule is CCOc1cc2nc(CN3CCCC3)nc(Nc3ccc(F)c(-c4csc(C(N)=O)n4)c3)c2cc1OCC. The van der Waals surface area contributed by atoms with Crippen LogP contribution in [-0.2, 0) is 6.54 Å². The largest absolute Gasteiger partial charge is 0.490 e. The summed E-state index contributed by atoms with van der Waals surface area (Å²) in [7, 11) is 0. The van der Waals surface area contributed by atoms with Crippen molar-refractivity contribution in [2.45, 2.75) is 33.2 Å². The normalized spacial score (nSPS) is 13.7. The van der Waals surface area contributed by atoms with E-state index >= 15 is 0 Å². The Balaban J connectivity index is 1.57. The molecule has 11 heteroatoms. The van der Waals surface area contributed by atoms with Crippen molar-refractivity contribution in [2.24, 2.45) is 5.73 Å². The zero-order valence-electron chi connectivity index (χ0n) is 21.3. The Labute approximate surface area is 223 Å². The Kier molecular flexibility index (Phi) is 7.66. The fourth-order valence-electron chi connectivity index (χ4n) is 4.47. The monoisotopic (exact) mass is 536 g/mol. The second-order valence-corrected chi connectivity index (χ2v) is 9.73. The van der Waals surface area contributed by atoms with E-state index in [4.69, 9.17) is 25.2 Å². The number of rotatable bonds is 10. The molecular formula is C27H29FN6O3S. The van der Waals surface area contributed by atoms with E-state index in [2.05, 4.69) is 15.2 Å². The highest BCUT2D eigenvalue weighted by Gasteiger charge is 2.19. The van der Waals surface area contributed by atoms with Crippen LogP contribution in [0.2, 0.25) is 0 Å². The summed E-state index contributed by atoms with van der Waals surface area (Å²) in [5.41, 5.74) is 7.25. The number of hydrogen-bond acceptors (Lipinski definition) is 9. The van der Waals surface area contributed by atoms with Gasteiger partial charge in [0.25, 0.3) is 5.91 Å². The number of carbonyl (C=O) groups excluding carboxylic acids is 1. The standard InChI is InChI=1S/C27H29FN6O3S/c1-3-36-22-12-18-20(13-23(22)37-4-2)31-24(14-34-9-5-6-10-34)33-26(18)30-16-7-8-19(28)17(11-16)21-15-38-27(32-21)25(29)35/h7-8,11-13,15H,3-6,9-10,14H2,1-2H3,(H2,29,35)(H,30,31,33). The number of carbonyl (C=O) groups is 1. The molecular weight excluding hydrogens is 507 g/mol. The second kappa shape index (κ2) is 11.3. The molecule has 198 valence electrons. The second-order valence-electron chi connectivity index (χ2n) is 8.88. The van der Waals surface area contributed by atoms with E-state index in [0.29, 0.717) is 54.3 Å². The number of aromatic nitrogens is 3. The van der Waals surface area contributed by atoms with Gasteiger partial charge < -0.3 is 20.5 Å². The van der Waals surface area contributed by atoms with Gasteiger partial charge in [0.2, 0.25) is 0 Å². The van der Waals surface area contributed by atoms with Gasteiger partial charge in [-0.25, -0.2) is 19.3 Å². The molecule has 2 aromatic carbocycles. The molecule has 0 radical (unpaired) electrons. The Morgan fingerprint density at radius 3 is 2.50 bits per heavy atom. The molecule has 0 unspecified atom stereocenters. The molecule has 3 heterocycles. The molecule has 1 amide bonds. The Morgan fingerprint density at radius 1 is 1.08 bits per heavy atom. The predicted octanol–water partition coefficient (Wildman–Crippen LogP) is 5.13. The smallest absolute Gasteiger partial charge is 0.277 e. The quantitative estimate of drug-likeness (QED) is 0.287. The molecule has 9 nitrogen and oxygen atoms in total. The Morgan fingerprint density at radius 2 is 1.82 bits per heavy atom. The summed E-state index contributed by atoms with van der Waals surface area (Å²) in [5.74, 6) is 1.37. The molecule has 38 heavy (non-hydrogen) atoms. The lowest BCUT2D eigenvalue weighted by atomic mass is 10.1. The van der Waals surface area contributed by atoms with Crippen LogP contribution in [0.15, 0.2) is 35.7 Å². The molecule has 0 atom stereocenters. The molecule has 3 N–H and O–H groups in total. The van der Waals surface area contributed by atoms with E-state index in [-0.39, 0.29) is 10.6 Å². The molecule has 1 aliphatic heterocycles. The van der Waals surface area contributed by atoms with Gasteiger partial charge in [-0.05, 0) is 64.0 Å². The van der Waals surface area contributed by atoms with Crippen LogP contribution < -0.4 is 20.5 Å². The number of likely N-dealkylation sites (tertiary alicyclic amines) is 1. The van der Waals surface area contributed by atoms with Gasteiger partial charge in [0.1, 0.15) is 17.5 Å². The van der Waals surface area contributed by atoms with Crippen molar-refractivity contribution in [3.63, 3.8) is 0 Å². The lowest BCUT2D eigenvalue weighted by Gasteiger charge is -2.18. The summed E-state index contributed by atoms with van der Waals surface area (Å²) in [6.45, 7) is 7.47. The molecule has 0 aliphatic carbocycles. The highest BCUT2D eigenvalue weighted by molar-refractivity contribution is 7.12. The van der Waals surface area contributed by atoms with Crippen LogP contribution in [0.1, 0.15) is 42.3 Å². The lowest BCUT2D eigenvalue weighted by molar-refractivity contribution is 0.1000. The summed E-state index contributed by atoms with van der Waals surface area (Å²) in [5, 5.41) is 5.84. The lowest BCUT2D eigenvalue weighted by Crippen LogP contribution is -2.20. The molecule has 2 aromatic heterocycles. The molecule has 1 aliphatic rings. The van der Waals surface area contributed by atoms with Crippen molar-refractivity contribution in [1.29, 1.82) is 0 Å². The molecule has 0 spiro atoms. The summed E-state index contributed by atoms with van der Waals surface area (Å²) >= 11 is 1.08. The first kappa shape index (κ1) is 25.8. The molecule has 0 bridgehead atoms. The van der Waals surface area contributed by atoms with E-state index in [1.54, 1.807) is 17.5 Å². The van der Waals surface area contributed by atoms with Crippen molar-refractivity contribution < 1.29 is 18.7 Å². The predicted molar refractivity (Wildman–Crippen MR) is 146 cm³/mol. The third-order valence-electron chi connectivity index (χ3n) is 6.19. The minimum absolute atomic E-state index is 0.125. The number of nitrogens with one attached hydrogen (secondary N) is 1. The van der Waals surface area contributed by atoms with Crippen molar-refractivity contribution in [1.82, 2.24) is 19.9 Å². The van der Waals surface area contributed by atoms with Crippen LogP contribution in [0.5, 0.6) is 11.5 Å². The number of amides is 1. The number of primary amides is 1. The van der Waals surface area contributed by atoms with Gasteiger partial charge in [-0.1, -0.05) is 0 Å². The third-order valence-corrected chi connectivity index (χ3v) is 7.05. The van der Waals surface area contributed by atoms with Crippen molar-refractivity contribution in [3.05, 3.63) is 52.4 Å². The van der Waals surface area contributed by atoms with E-state index in [9.17, 15) is 9.18 Å². The maximum atomic E-state index is 14.8. The highest BCUT2D eigenvalue weighted by Crippen LogP contribution is 2.36. The molecule has 1 fully saturated rings. The van der Waals surface area contributed by atoms with Gasteiger partial charge in [0, 0.05) is 28.1 Å². The van der Waals surface area contributed by atoms with Crippen molar-refractivity contribution in [3.8, 4) is 22.8 Å². The zero-order valence-corrected chi connectivity index (χ0v) is 22.1. The number of thiazole rings is 1. The number of ether oxygens (including phenoxy) is 2. The summed E-state index contributed by atoms with van der Waals surface area (Å²) in [6.07, 6.45) is 2.33. The van der Waals surface area contributed by atoms with E-state index < -0.39 is 11.7 Å². The highest BCUT2D eigenvalue weighted by atomic mass is 32.1. The van der Waals surface area contributed by atoms with Crippen LogP contribution in [0.4, 0.5) is 15.9 Å². The molecule has 1 saturated heterocycles. The van der Waals surface area contributed by atoms with Crippen LogP contribution in [-0.4, -0.2) is 52.1 Å². The number of hydrogen-bond donors (Lipinski definition) is 2. The minimum Gasteiger partial charge on any atom is -0.490 e. The van der Waals surface area contributed by atoms with Crippen LogP contribution >= 0.6 is 11.3 Å². The van der Waals surface area contributed by atoms with E-state index in [1.165, 1.54) is 6.07 Å². The van der Waals surface area contributed by atoms with Crippen LogP contribution in [0.25, 0.3) is 22.2 Å². The van der Waals surface area contributed by atoms with E-state index in [1.807, 2.05) is 26.0 Å². The number of anilines is 2. The molecule has 0 saturated carbocycles. The third kappa shape index (κ3) is 5.53. The van der Waals surface area contributed by atoms with Gasteiger partial charge in [0.15, 0.2) is 16.5 Å². The van der Waals surface area contributed by atoms with Gasteiger partial charge in [-0.3, -0.25) is 9.69 Å². The number of fused-ring (bicyclic) bond motifs is 1. The average Bonchev–Trinajstić information content (AvgIpc) is 3.59. The van der Waals surface area contributed by atoms with Crippen molar-refractivity contribution in [2.75, 3.05) is 31.6 Å². The van der Waals surface area contributed by atoms with Crippen molar-refractivity contribution >= 4 is 39.7 Å². The maximum absolute atomic E-state index is 14.8. The van der Waals surface area contributed by atoms with E-state index in [0.717, 1.165) is 48.2 Å². The van der Waals surface area contributed by atoms with Crippen LogP contribution in [0.3, 0.4) is 0 Å². The van der Waals surface area contributed by atoms with Gasteiger partial charge in [-0.2, -0.15) is 0 Å². The fourth-order valence-corrected chi connectivity index (χ4v) is 5.14. The van der Waals surface area contributed by atoms with Crippen LogP contribution in [0, 0.1) is 5.82 Å². The summed E-state index contributed by atoms with van der Waals surface area (Å²) < 4.78 is 26.4. The Hall–Kier alpha value is -3.83.